The van der Waals surface area contributed by atoms with Crippen molar-refractivity contribution in [3.63, 3.8) is 0 Å². The average Bonchev–Trinajstić information content (AvgIpc) is 2.43. The topological polar surface area (TPSA) is 46.2 Å². The second-order valence-corrected chi connectivity index (χ2v) is 6.32. The fourth-order valence-electron chi connectivity index (χ4n) is 1.71. The van der Waals surface area contributed by atoms with Crippen LogP contribution in [0.4, 0.5) is 10.1 Å². The number of hydrogen-bond donors (Lipinski definition) is 1. The zero-order chi connectivity index (χ0) is 14.8. The van der Waals surface area contributed by atoms with Crippen LogP contribution in [-0.4, -0.2) is 8.42 Å². The van der Waals surface area contributed by atoms with Gasteiger partial charge in [0.2, 0.25) is 0 Å². The molecule has 0 unspecified atom stereocenters. The quantitative estimate of drug-likeness (QED) is 0.932. The summed E-state index contributed by atoms with van der Waals surface area (Å²) in [5.41, 5.74) is 1.14. The van der Waals surface area contributed by atoms with Crippen molar-refractivity contribution >= 4 is 27.3 Å². The molecule has 20 heavy (non-hydrogen) atoms. The molecule has 0 bridgehead atoms. The molecule has 0 spiro atoms. The van der Waals surface area contributed by atoms with Gasteiger partial charge in [0.05, 0.1) is 15.6 Å². The number of sulfonamides is 1. The third kappa shape index (κ3) is 3.29. The molecular weight excluding hydrogens is 301 g/mol. The van der Waals surface area contributed by atoms with Gasteiger partial charge in [-0.15, -0.1) is 0 Å². The lowest BCUT2D eigenvalue weighted by molar-refractivity contribution is 0.601. The minimum absolute atomic E-state index is 0.132. The monoisotopic (exact) mass is 313 g/mol. The predicted octanol–water partition coefficient (Wildman–Crippen LogP) is 3.84. The van der Waals surface area contributed by atoms with E-state index in [2.05, 4.69) is 4.72 Å². The molecule has 3 nitrogen and oxygen atoms in total. The zero-order valence-corrected chi connectivity index (χ0v) is 12.3. The van der Waals surface area contributed by atoms with Gasteiger partial charge in [0.1, 0.15) is 5.82 Å². The Kier molecular flexibility index (Phi) is 4.30. The number of hydrogen-bond acceptors (Lipinski definition) is 2. The third-order valence-electron chi connectivity index (χ3n) is 2.79. The number of anilines is 1. The van der Waals surface area contributed by atoms with Crippen molar-refractivity contribution in [2.45, 2.75) is 18.2 Å². The summed E-state index contributed by atoms with van der Waals surface area (Å²) < 4.78 is 39.9. The molecule has 0 aromatic heterocycles. The Morgan fingerprint density at radius 1 is 1.20 bits per heavy atom. The van der Waals surface area contributed by atoms with Gasteiger partial charge in [0, 0.05) is 0 Å². The third-order valence-corrected chi connectivity index (χ3v) is 4.46. The Morgan fingerprint density at radius 3 is 2.60 bits per heavy atom. The van der Waals surface area contributed by atoms with Gasteiger partial charge >= 0.3 is 0 Å². The second-order valence-electron chi connectivity index (χ2n) is 4.24. The first-order chi connectivity index (χ1) is 9.42. The van der Waals surface area contributed by atoms with Crippen LogP contribution in [0.5, 0.6) is 0 Å². The van der Waals surface area contributed by atoms with Crippen LogP contribution in [0.15, 0.2) is 47.4 Å². The largest absolute Gasteiger partial charge is 0.280 e. The van der Waals surface area contributed by atoms with E-state index in [1.165, 1.54) is 18.2 Å². The molecule has 0 saturated carbocycles. The van der Waals surface area contributed by atoms with Crippen molar-refractivity contribution in [2.75, 3.05) is 4.72 Å². The highest BCUT2D eigenvalue weighted by Gasteiger charge is 2.15. The van der Waals surface area contributed by atoms with Crippen LogP contribution >= 0.6 is 11.6 Å². The van der Waals surface area contributed by atoms with Gasteiger partial charge in [0.15, 0.2) is 0 Å². The summed E-state index contributed by atoms with van der Waals surface area (Å²) in [6, 6.07) is 10.3. The molecule has 1 N–H and O–H groups in total. The number of halogens is 2. The van der Waals surface area contributed by atoms with E-state index in [0.29, 0.717) is 0 Å². The normalized spacial score (nSPS) is 11.3. The lowest BCUT2D eigenvalue weighted by atomic mass is 10.2. The molecule has 2 aromatic carbocycles. The van der Waals surface area contributed by atoms with Crippen molar-refractivity contribution in [1.29, 1.82) is 0 Å². The number of rotatable bonds is 4. The van der Waals surface area contributed by atoms with Crippen LogP contribution in [0, 0.1) is 5.82 Å². The van der Waals surface area contributed by atoms with Crippen molar-refractivity contribution in [1.82, 2.24) is 0 Å². The first kappa shape index (κ1) is 14.8. The summed E-state index contributed by atoms with van der Waals surface area (Å²) in [4.78, 5) is 0.164. The number of aryl methyl sites for hydroxylation is 1. The van der Waals surface area contributed by atoms with E-state index in [4.69, 9.17) is 11.6 Å². The van der Waals surface area contributed by atoms with Gasteiger partial charge in [-0.1, -0.05) is 30.7 Å². The minimum Gasteiger partial charge on any atom is -0.280 e. The van der Waals surface area contributed by atoms with Crippen molar-refractivity contribution in [3.05, 3.63) is 58.9 Å². The second kappa shape index (κ2) is 5.81. The van der Waals surface area contributed by atoms with Crippen LogP contribution < -0.4 is 4.72 Å². The molecule has 0 radical (unpaired) electrons. The van der Waals surface area contributed by atoms with E-state index >= 15 is 0 Å². The molecule has 0 fully saturated rings. The fourth-order valence-corrected chi connectivity index (χ4v) is 3.01. The molecule has 0 aliphatic rings. The van der Waals surface area contributed by atoms with Gasteiger partial charge < -0.3 is 0 Å². The minimum atomic E-state index is -3.71. The Hall–Kier alpha value is -1.59. The molecule has 6 heteroatoms. The van der Waals surface area contributed by atoms with Gasteiger partial charge in [0.25, 0.3) is 10.0 Å². The maximum atomic E-state index is 13.0. The lowest BCUT2D eigenvalue weighted by Crippen LogP contribution is -2.13. The molecule has 0 aliphatic heterocycles. The fraction of sp³-hybridized carbons (Fsp3) is 0.143. The van der Waals surface area contributed by atoms with E-state index in [0.717, 1.165) is 18.1 Å². The van der Waals surface area contributed by atoms with Crippen molar-refractivity contribution in [2.24, 2.45) is 0 Å². The Bertz CT molecular complexity index is 732. The maximum Gasteiger partial charge on any atom is 0.261 e. The predicted molar refractivity (Wildman–Crippen MR) is 78.0 cm³/mol. The van der Waals surface area contributed by atoms with Crippen molar-refractivity contribution < 1.29 is 12.8 Å². The van der Waals surface area contributed by atoms with E-state index in [1.54, 1.807) is 12.1 Å². The first-order valence-corrected chi connectivity index (χ1v) is 7.85. The summed E-state index contributed by atoms with van der Waals surface area (Å²) in [6.07, 6.45) is 0.742. The molecule has 0 heterocycles. The van der Waals surface area contributed by atoms with E-state index in [-0.39, 0.29) is 15.6 Å². The van der Waals surface area contributed by atoms with Gasteiger partial charge in [-0.2, -0.15) is 0 Å². The van der Waals surface area contributed by atoms with Gasteiger partial charge in [-0.05, 0) is 42.3 Å². The number of nitrogens with one attached hydrogen (secondary N) is 1. The molecule has 106 valence electrons. The molecule has 0 aliphatic carbocycles. The van der Waals surface area contributed by atoms with Crippen LogP contribution in [-0.2, 0) is 16.4 Å². The van der Waals surface area contributed by atoms with E-state index in [9.17, 15) is 12.8 Å². The Labute approximate surface area is 122 Å². The van der Waals surface area contributed by atoms with Crippen molar-refractivity contribution in [3.8, 4) is 0 Å². The lowest BCUT2D eigenvalue weighted by Gasteiger charge is -2.09. The van der Waals surface area contributed by atoms with Crippen LogP contribution in [0.2, 0.25) is 5.02 Å². The summed E-state index contributed by atoms with van der Waals surface area (Å²) in [6.45, 7) is 1.94. The SMILES string of the molecule is CCc1cccc(S(=O)(=O)Nc2ccc(F)c(Cl)c2)c1. The average molecular weight is 314 g/mol. The summed E-state index contributed by atoms with van der Waals surface area (Å²) in [5.74, 6) is -0.595. The van der Waals surface area contributed by atoms with Crippen LogP contribution in [0.1, 0.15) is 12.5 Å². The highest BCUT2D eigenvalue weighted by atomic mass is 35.5. The maximum absolute atomic E-state index is 13.0. The molecule has 0 amide bonds. The summed E-state index contributed by atoms with van der Waals surface area (Å²) >= 11 is 5.63. The Morgan fingerprint density at radius 2 is 1.95 bits per heavy atom. The van der Waals surface area contributed by atoms with Gasteiger partial charge in [-0.25, -0.2) is 12.8 Å². The summed E-state index contributed by atoms with van der Waals surface area (Å²) in [5, 5.41) is -0.132. The number of benzene rings is 2. The van der Waals surface area contributed by atoms with E-state index in [1.807, 2.05) is 13.0 Å². The molecule has 2 aromatic rings. The molecule has 0 atom stereocenters. The van der Waals surface area contributed by atoms with E-state index < -0.39 is 15.8 Å². The molecule has 0 saturated heterocycles. The molecule has 2 rings (SSSR count). The Balaban J connectivity index is 2.32. The summed E-state index contributed by atoms with van der Waals surface area (Å²) in [7, 11) is -3.71. The zero-order valence-electron chi connectivity index (χ0n) is 10.7. The standard InChI is InChI=1S/C14H13ClFNO2S/c1-2-10-4-3-5-12(8-10)20(18,19)17-11-6-7-14(16)13(15)9-11/h3-9,17H,2H2,1H3. The smallest absolute Gasteiger partial charge is 0.261 e. The molecular formula is C14H13ClFNO2S. The van der Waals surface area contributed by atoms with Crippen LogP contribution in [0.3, 0.4) is 0 Å². The van der Waals surface area contributed by atoms with Gasteiger partial charge in [-0.3, -0.25) is 4.72 Å². The van der Waals surface area contributed by atoms with Crippen LogP contribution in [0.25, 0.3) is 0 Å². The highest BCUT2D eigenvalue weighted by molar-refractivity contribution is 7.92. The highest BCUT2D eigenvalue weighted by Crippen LogP contribution is 2.22. The first-order valence-electron chi connectivity index (χ1n) is 5.99.